The van der Waals surface area contributed by atoms with Gasteiger partial charge in [0.15, 0.2) is 7.14 Å². The van der Waals surface area contributed by atoms with Gasteiger partial charge < -0.3 is 9.67 Å². The van der Waals surface area contributed by atoms with E-state index in [1.807, 2.05) is 103 Å². The van der Waals surface area contributed by atoms with Gasteiger partial charge in [-0.15, -0.1) is 0 Å². The van der Waals surface area contributed by atoms with Gasteiger partial charge >= 0.3 is 0 Å². The van der Waals surface area contributed by atoms with E-state index in [2.05, 4.69) is 30.3 Å². The van der Waals surface area contributed by atoms with Gasteiger partial charge in [-0.25, -0.2) is 0 Å². The molecule has 174 valence electrons. The van der Waals surface area contributed by atoms with Crippen molar-refractivity contribution in [1.29, 1.82) is 0 Å². The normalized spacial score (nSPS) is 11.7. The third-order valence-corrected chi connectivity index (χ3v) is 10.0. The molecule has 0 heterocycles. The Kier molecular flexibility index (Phi) is 5.77. The minimum absolute atomic E-state index is 0.107. The van der Waals surface area contributed by atoms with E-state index in [1.165, 1.54) is 0 Å². The van der Waals surface area contributed by atoms with Crippen LogP contribution in [0.2, 0.25) is 0 Å². The summed E-state index contributed by atoms with van der Waals surface area (Å²) in [6.07, 6.45) is 0. The van der Waals surface area contributed by atoms with Crippen molar-refractivity contribution in [2.24, 2.45) is 0 Å². The molecule has 6 aromatic carbocycles. The van der Waals surface area contributed by atoms with Crippen LogP contribution in [-0.4, -0.2) is 5.11 Å². The molecule has 1 N–H and O–H groups in total. The summed E-state index contributed by atoms with van der Waals surface area (Å²) in [6, 6.07) is 44.1. The molecule has 0 atom stereocenters. The zero-order chi connectivity index (χ0) is 24.5. The third-order valence-electron chi connectivity index (χ3n) is 6.92. The van der Waals surface area contributed by atoms with E-state index >= 15 is 4.57 Å². The molecule has 0 aliphatic rings. The van der Waals surface area contributed by atoms with Crippen LogP contribution in [0.4, 0.5) is 0 Å². The van der Waals surface area contributed by atoms with E-state index in [-0.39, 0.29) is 6.61 Å². The second-order valence-corrected chi connectivity index (χ2v) is 11.7. The standard InChI is InChI=1S/C33H25O2P/c34-23-26-20-19-24-11-7-9-17-29(24)32(26)33-30-18-10-8-12-25(30)21-22-31(33)36(35,27-13-3-1-4-14-27)28-15-5-2-6-16-28/h1-22,34H,23H2. The molecule has 0 spiro atoms. The first-order chi connectivity index (χ1) is 17.7. The Morgan fingerprint density at radius 1 is 0.500 bits per heavy atom. The maximum Gasteiger partial charge on any atom is 0.171 e. The summed E-state index contributed by atoms with van der Waals surface area (Å²) >= 11 is 0. The van der Waals surface area contributed by atoms with Gasteiger partial charge in [0.1, 0.15) is 0 Å². The Bertz CT molecular complexity index is 1700. The van der Waals surface area contributed by atoms with Crippen LogP contribution in [-0.2, 0) is 11.2 Å². The monoisotopic (exact) mass is 484 g/mol. The van der Waals surface area contributed by atoms with E-state index < -0.39 is 7.14 Å². The molecule has 0 radical (unpaired) electrons. The predicted octanol–water partition coefficient (Wildman–Crippen LogP) is 6.79. The average molecular weight is 485 g/mol. The maximum atomic E-state index is 15.5. The molecule has 0 fully saturated rings. The van der Waals surface area contributed by atoms with Gasteiger partial charge in [0.25, 0.3) is 0 Å². The van der Waals surface area contributed by atoms with Gasteiger partial charge in [0.05, 0.1) is 6.61 Å². The highest BCUT2D eigenvalue weighted by Crippen LogP contribution is 2.48. The van der Waals surface area contributed by atoms with Crippen LogP contribution in [0.25, 0.3) is 32.7 Å². The zero-order valence-electron chi connectivity index (χ0n) is 19.7. The Morgan fingerprint density at radius 2 is 0.972 bits per heavy atom. The molecule has 0 amide bonds. The number of aliphatic hydroxyl groups excluding tert-OH is 1. The number of aliphatic hydroxyl groups is 1. The second kappa shape index (κ2) is 9.24. The van der Waals surface area contributed by atoms with E-state index in [0.717, 1.165) is 54.1 Å². The number of hydrogen-bond acceptors (Lipinski definition) is 2. The molecule has 0 aliphatic carbocycles. The van der Waals surface area contributed by atoms with Crippen LogP contribution in [0.1, 0.15) is 5.56 Å². The smallest absolute Gasteiger partial charge is 0.171 e. The largest absolute Gasteiger partial charge is 0.392 e. The van der Waals surface area contributed by atoms with E-state index in [9.17, 15) is 5.11 Å². The molecular formula is C33H25O2P. The lowest BCUT2D eigenvalue weighted by atomic mass is 9.90. The molecule has 0 aliphatic heterocycles. The first-order valence-electron chi connectivity index (χ1n) is 12.1. The Morgan fingerprint density at radius 3 is 1.53 bits per heavy atom. The minimum Gasteiger partial charge on any atom is -0.392 e. The summed E-state index contributed by atoms with van der Waals surface area (Å²) in [5.41, 5.74) is 2.68. The Hall–Kier alpha value is -3.97. The first kappa shape index (κ1) is 22.5. The molecule has 0 saturated heterocycles. The van der Waals surface area contributed by atoms with Gasteiger partial charge in [-0.05, 0) is 38.7 Å². The maximum absolute atomic E-state index is 15.5. The molecular weight excluding hydrogens is 459 g/mol. The van der Waals surface area contributed by atoms with Crippen molar-refractivity contribution in [2.75, 3.05) is 0 Å². The topological polar surface area (TPSA) is 37.3 Å². The fraction of sp³-hybridized carbons (Fsp3) is 0.0303. The van der Waals surface area contributed by atoms with Gasteiger partial charge in [0, 0.05) is 21.5 Å². The number of benzene rings is 6. The number of rotatable bonds is 5. The lowest BCUT2D eigenvalue weighted by molar-refractivity contribution is 0.282. The van der Waals surface area contributed by atoms with Crippen LogP contribution in [0.3, 0.4) is 0 Å². The van der Waals surface area contributed by atoms with Crippen molar-refractivity contribution < 1.29 is 9.67 Å². The van der Waals surface area contributed by atoms with Crippen molar-refractivity contribution in [2.45, 2.75) is 6.61 Å². The number of hydrogen-bond donors (Lipinski definition) is 1. The van der Waals surface area contributed by atoms with E-state index in [1.54, 1.807) is 0 Å². The quantitative estimate of drug-likeness (QED) is 0.274. The molecule has 0 unspecified atom stereocenters. The van der Waals surface area contributed by atoms with E-state index in [0.29, 0.717) is 0 Å². The van der Waals surface area contributed by atoms with Crippen LogP contribution in [0.15, 0.2) is 133 Å². The lowest BCUT2D eigenvalue weighted by Crippen LogP contribution is -2.26. The zero-order valence-corrected chi connectivity index (χ0v) is 20.6. The van der Waals surface area contributed by atoms with Crippen LogP contribution in [0.5, 0.6) is 0 Å². The summed E-state index contributed by atoms with van der Waals surface area (Å²) in [4.78, 5) is 0. The molecule has 6 aromatic rings. The molecule has 0 bridgehead atoms. The lowest BCUT2D eigenvalue weighted by Gasteiger charge is -2.25. The van der Waals surface area contributed by atoms with Crippen molar-refractivity contribution >= 4 is 44.6 Å². The summed E-state index contributed by atoms with van der Waals surface area (Å²) in [5.74, 6) is 0. The molecule has 36 heavy (non-hydrogen) atoms. The molecule has 2 nitrogen and oxygen atoms in total. The van der Waals surface area contributed by atoms with E-state index in [4.69, 9.17) is 0 Å². The van der Waals surface area contributed by atoms with Crippen molar-refractivity contribution in [1.82, 2.24) is 0 Å². The highest BCUT2D eigenvalue weighted by Gasteiger charge is 2.33. The summed E-state index contributed by atoms with van der Waals surface area (Å²) in [7, 11) is -3.27. The van der Waals surface area contributed by atoms with Gasteiger partial charge in [0.2, 0.25) is 0 Å². The highest BCUT2D eigenvalue weighted by atomic mass is 31.2. The SMILES string of the molecule is O=P(c1ccccc1)(c1ccccc1)c1ccc2ccccc2c1-c1c(CO)ccc2ccccc12. The number of fused-ring (bicyclic) bond motifs is 2. The Balaban J connectivity index is 1.82. The Labute approximate surface area is 210 Å². The molecule has 0 saturated carbocycles. The summed E-state index contributed by atoms with van der Waals surface area (Å²) in [5, 5.41) is 17.0. The predicted molar refractivity (Wildman–Crippen MR) is 152 cm³/mol. The van der Waals surface area contributed by atoms with Crippen molar-refractivity contribution in [3.63, 3.8) is 0 Å². The van der Waals surface area contributed by atoms with Crippen LogP contribution >= 0.6 is 7.14 Å². The van der Waals surface area contributed by atoms with Gasteiger partial charge in [-0.3, -0.25) is 0 Å². The van der Waals surface area contributed by atoms with Gasteiger partial charge in [-0.2, -0.15) is 0 Å². The first-order valence-corrected chi connectivity index (χ1v) is 13.8. The minimum atomic E-state index is -3.27. The average Bonchev–Trinajstić information content (AvgIpc) is 2.96. The van der Waals surface area contributed by atoms with Crippen molar-refractivity contribution in [3.05, 3.63) is 139 Å². The highest BCUT2D eigenvalue weighted by molar-refractivity contribution is 7.85. The summed E-state index contributed by atoms with van der Waals surface area (Å²) < 4.78 is 15.5. The van der Waals surface area contributed by atoms with Crippen LogP contribution in [0, 0.1) is 0 Å². The fourth-order valence-corrected chi connectivity index (χ4v) is 8.10. The fourth-order valence-electron chi connectivity index (χ4n) is 5.23. The molecule has 3 heteroatoms. The summed E-state index contributed by atoms with van der Waals surface area (Å²) in [6.45, 7) is -0.107. The second-order valence-electron chi connectivity index (χ2n) is 8.94. The van der Waals surface area contributed by atoms with Gasteiger partial charge in [-0.1, -0.05) is 127 Å². The van der Waals surface area contributed by atoms with Crippen LogP contribution < -0.4 is 15.9 Å². The third kappa shape index (κ3) is 3.58. The molecule has 0 aromatic heterocycles. The molecule has 6 rings (SSSR count). The van der Waals surface area contributed by atoms with Crippen molar-refractivity contribution in [3.8, 4) is 11.1 Å².